The first-order valence-electron chi connectivity index (χ1n) is 15.4. The van der Waals surface area contributed by atoms with E-state index in [1.165, 1.54) is 44.6 Å². The lowest BCUT2D eigenvalue weighted by molar-refractivity contribution is -0.124. The molecule has 1 aliphatic heterocycles. The number of amidine groups is 1. The summed E-state index contributed by atoms with van der Waals surface area (Å²) in [6.45, 7) is 4.37. The third-order valence-corrected chi connectivity index (χ3v) is 9.85. The highest BCUT2D eigenvalue weighted by atomic mass is 32.2. The fourth-order valence-corrected chi connectivity index (χ4v) is 7.64. The van der Waals surface area contributed by atoms with Crippen molar-refractivity contribution in [3.05, 3.63) is 87.8 Å². The van der Waals surface area contributed by atoms with E-state index in [9.17, 15) is 9.18 Å². The van der Waals surface area contributed by atoms with Gasteiger partial charge in [0.2, 0.25) is 0 Å². The fourth-order valence-electron chi connectivity index (χ4n) is 6.54. The van der Waals surface area contributed by atoms with Gasteiger partial charge in [0, 0.05) is 28.7 Å². The van der Waals surface area contributed by atoms with Crippen LogP contribution >= 0.6 is 11.8 Å². The van der Waals surface area contributed by atoms with Gasteiger partial charge in [-0.3, -0.25) is 14.7 Å². The Morgan fingerprint density at radius 1 is 0.952 bits per heavy atom. The van der Waals surface area contributed by atoms with E-state index in [0.717, 1.165) is 58.4 Å². The minimum absolute atomic E-state index is 0.114. The summed E-state index contributed by atoms with van der Waals surface area (Å²) >= 11 is 1.57. The van der Waals surface area contributed by atoms with Crippen molar-refractivity contribution < 1.29 is 13.9 Å². The molecule has 6 rings (SSSR count). The highest BCUT2D eigenvalue weighted by Crippen LogP contribution is 2.39. The van der Waals surface area contributed by atoms with E-state index >= 15 is 0 Å². The number of benzene rings is 2. The molecule has 0 radical (unpaired) electrons. The van der Waals surface area contributed by atoms with Gasteiger partial charge in [-0.2, -0.15) is 0 Å². The summed E-state index contributed by atoms with van der Waals surface area (Å²) in [6, 6.07) is 17.3. The largest absolute Gasteiger partial charge is 0.489 e. The zero-order valence-corrected chi connectivity index (χ0v) is 25.5. The lowest BCUT2D eigenvalue weighted by atomic mass is 9.94. The minimum atomic E-state index is -0.262. The molecule has 5 nitrogen and oxygen atoms in total. The summed E-state index contributed by atoms with van der Waals surface area (Å²) in [5.41, 5.74) is 4.77. The number of hydrogen-bond donors (Lipinski definition) is 0. The number of aryl methyl sites for hydroxylation is 1. The molecule has 3 aliphatic rings. The molecule has 0 unspecified atom stereocenters. The number of carbonyl (C=O) groups excluding carboxylic acids is 1. The summed E-state index contributed by atoms with van der Waals surface area (Å²) in [7, 11) is 0. The van der Waals surface area contributed by atoms with Gasteiger partial charge >= 0.3 is 0 Å². The first-order chi connectivity index (χ1) is 20.5. The van der Waals surface area contributed by atoms with Gasteiger partial charge in [-0.15, -0.1) is 0 Å². The van der Waals surface area contributed by atoms with Crippen LogP contribution in [0.5, 0.6) is 5.75 Å². The van der Waals surface area contributed by atoms with Gasteiger partial charge < -0.3 is 9.30 Å². The summed E-state index contributed by atoms with van der Waals surface area (Å²) in [5.74, 6) is 0.539. The number of aliphatic imine (C=N–C) groups is 1. The van der Waals surface area contributed by atoms with Crippen molar-refractivity contribution in [1.29, 1.82) is 0 Å². The zero-order valence-electron chi connectivity index (χ0n) is 24.7. The van der Waals surface area contributed by atoms with Crippen molar-refractivity contribution in [2.45, 2.75) is 96.7 Å². The Hall–Kier alpha value is -3.32. The van der Waals surface area contributed by atoms with Gasteiger partial charge in [-0.25, -0.2) is 4.39 Å². The number of aromatic nitrogens is 1. The monoisotopic (exact) mass is 585 g/mol. The molecule has 3 aromatic rings. The first kappa shape index (κ1) is 28.8. The molecule has 2 aromatic carbocycles. The van der Waals surface area contributed by atoms with E-state index in [1.807, 2.05) is 35.2 Å². The summed E-state index contributed by atoms with van der Waals surface area (Å²) in [5, 5.41) is 0.921. The van der Waals surface area contributed by atoms with Crippen LogP contribution in [-0.2, 0) is 11.4 Å². The van der Waals surface area contributed by atoms with Gasteiger partial charge in [0.25, 0.3) is 5.91 Å². The number of nitrogens with zero attached hydrogens (tertiary/aromatic N) is 3. The number of hydrogen-bond acceptors (Lipinski definition) is 4. The Kier molecular flexibility index (Phi) is 8.84. The predicted molar refractivity (Wildman–Crippen MR) is 170 cm³/mol. The van der Waals surface area contributed by atoms with E-state index in [1.54, 1.807) is 23.9 Å². The van der Waals surface area contributed by atoms with Gasteiger partial charge in [0.15, 0.2) is 5.17 Å². The van der Waals surface area contributed by atoms with Crippen LogP contribution in [0.2, 0.25) is 0 Å². The van der Waals surface area contributed by atoms with Gasteiger partial charge in [-0.05, 0) is 99.3 Å². The maximum atomic E-state index is 14.0. The summed E-state index contributed by atoms with van der Waals surface area (Å²) in [6.07, 6.45) is 13.8. The summed E-state index contributed by atoms with van der Waals surface area (Å²) < 4.78 is 22.0. The van der Waals surface area contributed by atoms with Crippen LogP contribution in [-0.4, -0.2) is 32.6 Å². The number of halogens is 1. The van der Waals surface area contributed by atoms with Gasteiger partial charge in [-0.1, -0.05) is 56.7 Å². The zero-order chi connectivity index (χ0) is 29.1. The van der Waals surface area contributed by atoms with Crippen LogP contribution in [0.3, 0.4) is 0 Å². The molecule has 220 valence electrons. The normalized spacial score (nSPS) is 20.6. The predicted octanol–water partition coefficient (Wildman–Crippen LogP) is 8.75. The molecule has 2 aliphatic carbocycles. The smallest absolute Gasteiger partial charge is 0.267 e. The maximum absolute atomic E-state index is 14.0. The molecule has 2 saturated carbocycles. The average molecular weight is 586 g/mol. The first-order valence-corrected chi connectivity index (χ1v) is 16.3. The van der Waals surface area contributed by atoms with Gasteiger partial charge in [0.1, 0.15) is 18.2 Å². The van der Waals surface area contributed by atoms with E-state index < -0.39 is 0 Å². The highest BCUT2D eigenvalue weighted by Gasteiger charge is 2.39. The number of rotatable bonds is 7. The molecule has 2 heterocycles. The molecule has 7 heteroatoms. The summed E-state index contributed by atoms with van der Waals surface area (Å²) in [4.78, 5) is 21.9. The number of ether oxygens (including phenoxy) is 1. The van der Waals surface area contributed by atoms with E-state index in [0.29, 0.717) is 17.4 Å². The molecule has 1 saturated heterocycles. The van der Waals surface area contributed by atoms with E-state index in [-0.39, 0.29) is 24.4 Å². The highest BCUT2D eigenvalue weighted by molar-refractivity contribution is 8.18. The van der Waals surface area contributed by atoms with Crippen molar-refractivity contribution in [1.82, 2.24) is 9.47 Å². The van der Waals surface area contributed by atoms with Crippen molar-refractivity contribution in [3.8, 4) is 11.4 Å². The second kappa shape index (κ2) is 12.9. The fraction of sp³-hybridized carbons (Fsp3) is 0.429. The Morgan fingerprint density at radius 2 is 1.64 bits per heavy atom. The quantitative estimate of drug-likeness (QED) is 0.261. The SMILES string of the molecule is Cc1cc(C=C2SC(=NC3CCCCC3)N(C3CCCCC3)C2=O)c(C)n1-c1ccc(OCc2ccccc2F)cc1. The Bertz CT molecular complexity index is 1480. The number of carbonyl (C=O) groups is 1. The molecule has 0 spiro atoms. The van der Waals surface area contributed by atoms with Crippen molar-refractivity contribution in [3.63, 3.8) is 0 Å². The van der Waals surface area contributed by atoms with Crippen LogP contribution in [0.1, 0.15) is 86.7 Å². The molecule has 1 amide bonds. The Labute approximate surface area is 252 Å². The van der Waals surface area contributed by atoms with Crippen LogP contribution < -0.4 is 4.74 Å². The lowest BCUT2D eigenvalue weighted by Crippen LogP contribution is -2.41. The topological polar surface area (TPSA) is 46.8 Å². The molecule has 0 atom stereocenters. The van der Waals surface area contributed by atoms with Crippen molar-refractivity contribution in [2.75, 3.05) is 0 Å². The second-order valence-corrected chi connectivity index (χ2v) is 12.8. The molecule has 42 heavy (non-hydrogen) atoms. The number of thioether (sulfide) groups is 1. The van der Waals surface area contributed by atoms with Gasteiger partial charge in [0.05, 0.1) is 10.9 Å². The standard InChI is InChI=1S/C35H40FN3O2S/c1-24-21-27(25(2)38(24)30-17-19-31(20-18-30)41-23-26-11-9-10-16-32(26)36)22-33-34(40)39(29-14-7-4-8-15-29)35(42-33)37-28-12-5-3-6-13-28/h9-11,16-22,28-29H,3-8,12-15,23H2,1-2H3. The minimum Gasteiger partial charge on any atom is -0.489 e. The lowest BCUT2D eigenvalue weighted by Gasteiger charge is -2.31. The molecule has 0 bridgehead atoms. The third-order valence-electron chi connectivity index (χ3n) is 8.85. The molecular weight excluding hydrogens is 545 g/mol. The van der Waals surface area contributed by atoms with Crippen LogP contribution in [0.15, 0.2) is 64.5 Å². The Balaban J connectivity index is 1.23. The van der Waals surface area contributed by atoms with Crippen molar-refractivity contribution in [2.24, 2.45) is 4.99 Å². The molecular formula is C35H40FN3O2S. The molecule has 0 N–H and O–H groups in total. The van der Waals surface area contributed by atoms with E-state index in [2.05, 4.69) is 30.6 Å². The Morgan fingerprint density at radius 3 is 2.36 bits per heavy atom. The van der Waals surface area contributed by atoms with Crippen LogP contribution in [0.4, 0.5) is 4.39 Å². The van der Waals surface area contributed by atoms with E-state index in [4.69, 9.17) is 9.73 Å². The maximum Gasteiger partial charge on any atom is 0.267 e. The molecule has 3 fully saturated rings. The van der Waals surface area contributed by atoms with Crippen molar-refractivity contribution >= 4 is 28.9 Å². The number of amides is 1. The van der Waals surface area contributed by atoms with Crippen LogP contribution in [0.25, 0.3) is 11.8 Å². The molecule has 1 aromatic heterocycles. The van der Waals surface area contributed by atoms with Crippen LogP contribution in [0, 0.1) is 19.7 Å². The second-order valence-electron chi connectivity index (χ2n) is 11.8. The third kappa shape index (κ3) is 6.22. The average Bonchev–Trinajstić information content (AvgIpc) is 3.47.